The molecule has 0 bridgehead atoms. The van der Waals surface area contributed by atoms with Crippen molar-refractivity contribution in [2.75, 3.05) is 7.11 Å². The van der Waals surface area contributed by atoms with Crippen LogP contribution in [0, 0.1) is 0 Å². The number of aliphatic imine (C=N–C) groups is 1. The predicted molar refractivity (Wildman–Crippen MR) is 71.1 cm³/mol. The molecule has 0 N–H and O–H groups in total. The zero-order valence-corrected chi connectivity index (χ0v) is 11.2. The van der Waals surface area contributed by atoms with Gasteiger partial charge < -0.3 is 4.74 Å². The van der Waals surface area contributed by atoms with Crippen molar-refractivity contribution in [3.05, 3.63) is 27.8 Å². The molecule has 0 aromatic heterocycles. The van der Waals surface area contributed by atoms with Gasteiger partial charge in [0, 0.05) is 5.56 Å². The molecule has 1 aromatic rings. The molecule has 0 saturated heterocycles. The number of benzene rings is 1. The van der Waals surface area contributed by atoms with Crippen LogP contribution in [0.1, 0.15) is 36.0 Å². The van der Waals surface area contributed by atoms with E-state index in [-0.39, 0.29) is 6.54 Å². The normalized spacial score (nSPS) is 14.3. The van der Waals surface area contributed by atoms with Gasteiger partial charge in [0.25, 0.3) is 0 Å². The van der Waals surface area contributed by atoms with E-state index in [0.29, 0.717) is 10.8 Å². The summed E-state index contributed by atoms with van der Waals surface area (Å²) in [5, 5.41) is 0.688. The quantitative estimate of drug-likeness (QED) is 0.477. The molecule has 0 radical (unpaired) electrons. The minimum absolute atomic E-state index is 0.277. The van der Waals surface area contributed by atoms with Gasteiger partial charge >= 0.3 is 0 Å². The van der Waals surface area contributed by atoms with Gasteiger partial charge in [0.15, 0.2) is 0 Å². The van der Waals surface area contributed by atoms with Gasteiger partial charge in [0.05, 0.1) is 18.7 Å². The number of hydrogen-bond donors (Lipinski definition) is 0. The van der Waals surface area contributed by atoms with Crippen LogP contribution in [0.3, 0.4) is 0 Å². The van der Waals surface area contributed by atoms with Crippen molar-refractivity contribution in [2.45, 2.75) is 38.6 Å². The van der Waals surface area contributed by atoms with Gasteiger partial charge in [-0.2, -0.15) is 0 Å². The second kappa shape index (κ2) is 6.03. The zero-order chi connectivity index (χ0) is 13.0. The summed E-state index contributed by atoms with van der Waals surface area (Å²) in [7, 11) is 1.60. The predicted octanol–water partition coefficient (Wildman–Crippen LogP) is 3.45. The van der Waals surface area contributed by atoms with Gasteiger partial charge in [-0.05, 0) is 42.9 Å². The summed E-state index contributed by atoms with van der Waals surface area (Å²) in [4.78, 5) is 13.9. The topological polar surface area (TPSA) is 38.7 Å². The third-order valence-electron chi connectivity index (χ3n) is 3.38. The summed E-state index contributed by atoms with van der Waals surface area (Å²) < 4.78 is 5.36. The molecule has 0 saturated carbocycles. The van der Waals surface area contributed by atoms with Crippen LogP contribution >= 0.6 is 11.6 Å². The lowest BCUT2D eigenvalue weighted by Crippen LogP contribution is -2.00. The van der Waals surface area contributed by atoms with E-state index in [9.17, 15) is 4.79 Å². The van der Waals surface area contributed by atoms with Gasteiger partial charge in [-0.15, -0.1) is 0 Å². The summed E-state index contributed by atoms with van der Waals surface area (Å²) in [5.41, 5.74) is 3.34. The Balaban J connectivity index is 2.50. The summed E-state index contributed by atoms with van der Waals surface area (Å²) in [6, 6.07) is 2.08. The molecule has 18 heavy (non-hydrogen) atoms. The molecule has 0 atom stereocenters. The first-order valence-corrected chi connectivity index (χ1v) is 6.56. The second-order valence-electron chi connectivity index (χ2n) is 4.49. The third-order valence-corrected chi connectivity index (χ3v) is 3.78. The van der Waals surface area contributed by atoms with Crippen LogP contribution in [0.2, 0.25) is 5.02 Å². The Hall–Kier alpha value is -1.31. The van der Waals surface area contributed by atoms with Crippen molar-refractivity contribution in [2.24, 2.45) is 4.99 Å². The zero-order valence-electron chi connectivity index (χ0n) is 10.5. The molecule has 1 aliphatic rings. The van der Waals surface area contributed by atoms with E-state index < -0.39 is 0 Å². The SMILES string of the molecule is COc1c(CN=C=O)cc2c(c1Cl)CCCCC2. The van der Waals surface area contributed by atoms with Crippen LogP contribution in [0.5, 0.6) is 5.75 Å². The Kier molecular flexibility index (Phi) is 4.40. The molecule has 0 unspecified atom stereocenters. The number of halogens is 1. The highest BCUT2D eigenvalue weighted by Crippen LogP contribution is 2.37. The number of nitrogens with zero attached hydrogens (tertiary/aromatic N) is 1. The van der Waals surface area contributed by atoms with Crippen molar-refractivity contribution in [3.63, 3.8) is 0 Å². The molecule has 1 aromatic carbocycles. The number of ether oxygens (including phenoxy) is 1. The van der Waals surface area contributed by atoms with Crippen LogP contribution in [-0.4, -0.2) is 13.2 Å². The number of rotatable bonds is 3. The minimum atomic E-state index is 0.277. The van der Waals surface area contributed by atoms with E-state index >= 15 is 0 Å². The summed E-state index contributed by atoms with van der Waals surface area (Å²) >= 11 is 6.42. The molecule has 0 heterocycles. The lowest BCUT2D eigenvalue weighted by Gasteiger charge is -2.15. The maximum Gasteiger partial charge on any atom is 0.235 e. The number of aryl methyl sites for hydroxylation is 1. The summed E-state index contributed by atoms with van der Waals surface area (Å²) in [5.74, 6) is 0.649. The first-order valence-electron chi connectivity index (χ1n) is 6.18. The first kappa shape index (κ1) is 13.1. The number of fused-ring (bicyclic) bond motifs is 1. The highest BCUT2D eigenvalue weighted by Gasteiger charge is 2.18. The van der Waals surface area contributed by atoms with Crippen molar-refractivity contribution >= 4 is 17.7 Å². The van der Waals surface area contributed by atoms with E-state index in [1.54, 1.807) is 13.2 Å². The molecular formula is C14H16ClNO2. The highest BCUT2D eigenvalue weighted by molar-refractivity contribution is 6.33. The highest BCUT2D eigenvalue weighted by atomic mass is 35.5. The summed E-state index contributed by atoms with van der Waals surface area (Å²) in [6.07, 6.45) is 7.18. The molecule has 4 heteroatoms. The molecule has 0 spiro atoms. The van der Waals surface area contributed by atoms with Crippen LogP contribution in [0.25, 0.3) is 0 Å². The molecule has 0 aliphatic heterocycles. The van der Waals surface area contributed by atoms with E-state index in [1.165, 1.54) is 30.4 Å². The monoisotopic (exact) mass is 265 g/mol. The second-order valence-corrected chi connectivity index (χ2v) is 4.87. The first-order chi connectivity index (χ1) is 8.77. The lowest BCUT2D eigenvalue weighted by molar-refractivity contribution is 0.409. The Bertz CT molecular complexity index is 493. The molecule has 1 aliphatic carbocycles. The van der Waals surface area contributed by atoms with Gasteiger partial charge in [-0.1, -0.05) is 18.0 Å². The molecule has 3 nitrogen and oxygen atoms in total. The van der Waals surface area contributed by atoms with E-state index in [2.05, 4.69) is 11.1 Å². The molecule has 2 rings (SSSR count). The molecule has 0 amide bonds. The lowest BCUT2D eigenvalue weighted by atomic mass is 9.99. The fraction of sp³-hybridized carbons (Fsp3) is 0.500. The maximum atomic E-state index is 10.2. The average molecular weight is 266 g/mol. The smallest absolute Gasteiger partial charge is 0.235 e. The summed E-state index contributed by atoms with van der Waals surface area (Å²) in [6.45, 7) is 0.277. The fourth-order valence-corrected chi connectivity index (χ4v) is 2.94. The van der Waals surface area contributed by atoms with E-state index in [1.807, 2.05) is 0 Å². The Labute approximate surface area is 112 Å². The number of isocyanates is 1. The third kappa shape index (κ3) is 2.58. The van der Waals surface area contributed by atoms with Crippen LogP contribution < -0.4 is 4.74 Å². The van der Waals surface area contributed by atoms with Gasteiger partial charge in [-0.25, -0.2) is 9.79 Å². The Morgan fingerprint density at radius 1 is 1.39 bits per heavy atom. The average Bonchev–Trinajstić information content (AvgIpc) is 2.62. The van der Waals surface area contributed by atoms with E-state index in [4.69, 9.17) is 16.3 Å². The van der Waals surface area contributed by atoms with Gasteiger partial charge in [-0.3, -0.25) is 0 Å². The van der Waals surface area contributed by atoms with E-state index in [0.717, 1.165) is 18.4 Å². The molecular weight excluding hydrogens is 250 g/mol. The Morgan fingerprint density at radius 3 is 2.89 bits per heavy atom. The number of hydrogen-bond acceptors (Lipinski definition) is 3. The van der Waals surface area contributed by atoms with Gasteiger partial charge in [0.1, 0.15) is 5.75 Å². The Morgan fingerprint density at radius 2 is 2.17 bits per heavy atom. The molecule has 96 valence electrons. The number of carbonyl (C=O) groups excluding carboxylic acids is 1. The van der Waals surface area contributed by atoms with Crippen LogP contribution in [0.4, 0.5) is 0 Å². The standard InChI is InChI=1S/C14H16ClNO2/c1-18-14-11(8-16-9-17)7-10-5-3-2-4-6-12(10)13(14)15/h7H,2-6,8H2,1H3. The van der Waals surface area contributed by atoms with Crippen molar-refractivity contribution in [1.82, 2.24) is 0 Å². The largest absolute Gasteiger partial charge is 0.495 e. The minimum Gasteiger partial charge on any atom is -0.495 e. The van der Waals surface area contributed by atoms with Crippen molar-refractivity contribution < 1.29 is 9.53 Å². The van der Waals surface area contributed by atoms with Crippen LogP contribution in [0.15, 0.2) is 11.1 Å². The fourth-order valence-electron chi connectivity index (χ4n) is 2.52. The van der Waals surface area contributed by atoms with Gasteiger partial charge in [0.2, 0.25) is 6.08 Å². The number of methoxy groups -OCH3 is 1. The molecule has 0 fully saturated rings. The van der Waals surface area contributed by atoms with Crippen molar-refractivity contribution in [1.29, 1.82) is 0 Å². The van der Waals surface area contributed by atoms with Crippen LogP contribution in [-0.2, 0) is 24.2 Å². The van der Waals surface area contributed by atoms with Crippen molar-refractivity contribution in [3.8, 4) is 5.75 Å². The maximum absolute atomic E-state index is 10.2.